The summed E-state index contributed by atoms with van der Waals surface area (Å²) < 4.78 is 11.4. The van der Waals surface area contributed by atoms with Gasteiger partial charge < -0.3 is 9.47 Å². The van der Waals surface area contributed by atoms with Crippen molar-refractivity contribution >= 4 is 28.7 Å². The molecule has 0 N–H and O–H groups in total. The highest BCUT2D eigenvalue weighted by Crippen LogP contribution is 2.44. The molecule has 5 heteroatoms. The summed E-state index contributed by atoms with van der Waals surface area (Å²) in [6, 6.07) is 19.3. The maximum atomic E-state index is 12.5. The zero-order valence-corrected chi connectivity index (χ0v) is 18.2. The molecular weight excluding hydrogens is 410 g/mol. The van der Waals surface area contributed by atoms with E-state index in [1.165, 1.54) is 0 Å². The lowest BCUT2D eigenvalue weighted by molar-refractivity contribution is 0.0525. The Morgan fingerprint density at radius 1 is 1.03 bits per heavy atom. The third-order valence-electron chi connectivity index (χ3n) is 5.31. The number of hydrogen-bond acceptors (Lipinski definition) is 4. The number of carbonyl (C=O) groups excluding carboxylic acids is 1. The van der Waals surface area contributed by atoms with Crippen LogP contribution >= 0.6 is 11.6 Å². The molecule has 0 saturated heterocycles. The molecule has 158 valence electrons. The number of aromatic nitrogens is 1. The monoisotopic (exact) mass is 433 g/mol. The zero-order valence-electron chi connectivity index (χ0n) is 17.4. The molecule has 0 saturated carbocycles. The fraction of sp³-hybridized carbons (Fsp3) is 0.231. The third kappa shape index (κ3) is 4.80. The second kappa shape index (κ2) is 9.80. The van der Waals surface area contributed by atoms with Gasteiger partial charge in [-0.2, -0.15) is 0 Å². The number of carbonyl (C=O) groups is 1. The van der Waals surface area contributed by atoms with Crippen molar-refractivity contribution in [2.45, 2.75) is 32.8 Å². The van der Waals surface area contributed by atoms with Crippen molar-refractivity contribution < 1.29 is 14.3 Å². The van der Waals surface area contributed by atoms with Crippen LogP contribution in [0, 0.1) is 0 Å². The molecule has 0 fully saturated rings. The molecule has 0 atom stereocenters. The van der Waals surface area contributed by atoms with Gasteiger partial charge >= 0.3 is 5.97 Å². The summed E-state index contributed by atoms with van der Waals surface area (Å²) in [5.74, 6) is 0.423. The molecule has 0 amide bonds. The van der Waals surface area contributed by atoms with Gasteiger partial charge in [0, 0.05) is 16.8 Å². The van der Waals surface area contributed by atoms with Crippen LogP contribution in [0.4, 0.5) is 0 Å². The topological polar surface area (TPSA) is 48.4 Å². The maximum absolute atomic E-state index is 12.5. The quantitative estimate of drug-likeness (QED) is 0.394. The van der Waals surface area contributed by atoms with Gasteiger partial charge in [-0.05, 0) is 73.2 Å². The summed E-state index contributed by atoms with van der Waals surface area (Å²) in [6.45, 7) is 2.59. The first-order valence-electron chi connectivity index (χ1n) is 10.5. The van der Waals surface area contributed by atoms with E-state index < -0.39 is 0 Å². The molecule has 4 rings (SSSR count). The Hall–Kier alpha value is -3.11. The van der Waals surface area contributed by atoms with Crippen molar-refractivity contribution in [3.05, 3.63) is 94.3 Å². The van der Waals surface area contributed by atoms with Crippen LogP contribution in [0.2, 0.25) is 5.02 Å². The first-order valence-corrected chi connectivity index (χ1v) is 10.9. The Morgan fingerprint density at radius 3 is 2.65 bits per heavy atom. The van der Waals surface area contributed by atoms with Gasteiger partial charge in [0.25, 0.3) is 0 Å². The number of halogens is 1. The van der Waals surface area contributed by atoms with Crippen molar-refractivity contribution in [2.75, 3.05) is 6.61 Å². The number of rotatable bonds is 7. The van der Waals surface area contributed by atoms with Crippen LogP contribution in [0.5, 0.6) is 5.75 Å². The molecule has 0 radical (unpaired) electrons. The van der Waals surface area contributed by atoms with Crippen LogP contribution in [0.15, 0.2) is 66.9 Å². The Bertz CT molecular complexity index is 1110. The van der Waals surface area contributed by atoms with Gasteiger partial charge in [-0.3, -0.25) is 4.98 Å². The highest BCUT2D eigenvalue weighted by Gasteiger charge is 2.25. The Morgan fingerprint density at radius 2 is 1.84 bits per heavy atom. The average Bonchev–Trinajstić information content (AvgIpc) is 3.29. The van der Waals surface area contributed by atoms with Crippen molar-refractivity contribution in [3.8, 4) is 5.75 Å². The fourth-order valence-electron chi connectivity index (χ4n) is 3.92. The molecule has 2 aromatic carbocycles. The molecule has 3 aromatic rings. The van der Waals surface area contributed by atoms with Gasteiger partial charge in [0.15, 0.2) is 0 Å². The Kier molecular flexibility index (Phi) is 6.68. The van der Waals surface area contributed by atoms with Gasteiger partial charge in [-0.25, -0.2) is 4.79 Å². The number of esters is 1. The summed E-state index contributed by atoms with van der Waals surface area (Å²) in [4.78, 5) is 17.1. The maximum Gasteiger partial charge on any atom is 0.340 e. The van der Waals surface area contributed by atoms with Crippen LogP contribution in [-0.4, -0.2) is 17.6 Å². The molecule has 1 aliphatic rings. The summed E-state index contributed by atoms with van der Waals surface area (Å²) in [6.07, 6.45) is 4.40. The molecule has 1 aliphatic carbocycles. The molecule has 0 unspecified atom stereocenters. The van der Waals surface area contributed by atoms with Crippen LogP contribution in [-0.2, 0) is 11.3 Å². The van der Waals surface area contributed by atoms with Gasteiger partial charge in [0.05, 0.1) is 17.9 Å². The minimum Gasteiger partial charge on any atom is -0.488 e. The minimum absolute atomic E-state index is 0.324. The van der Waals surface area contributed by atoms with E-state index in [2.05, 4.69) is 4.98 Å². The largest absolute Gasteiger partial charge is 0.488 e. The van der Waals surface area contributed by atoms with E-state index in [4.69, 9.17) is 21.1 Å². The summed E-state index contributed by atoms with van der Waals surface area (Å²) in [5, 5.41) is 0.646. The molecule has 4 nitrogen and oxygen atoms in total. The number of nitrogens with zero attached hydrogens (tertiary/aromatic N) is 1. The van der Waals surface area contributed by atoms with E-state index in [1.807, 2.05) is 48.5 Å². The van der Waals surface area contributed by atoms with Crippen molar-refractivity contribution in [1.82, 2.24) is 4.98 Å². The van der Waals surface area contributed by atoms with E-state index in [-0.39, 0.29) is 5.97 Å². The van der Waals surface area contributed by atoms with Crippen molar-refractivity contribution in [3.63, 3.8) is 0 Å². The molecule has 0 bridgehead atoms. The van der Waals surface area contributed by atoms with Gasteiger partial charge in [0.2, 0.25) is 0 Å². The fourth-order valence-corrected chi connectivity index (χ4v) is 4.09. The van der Waals surface area contributed by atoms with Crippen LogP contribution in [0.25, 0.3) is 11.1 Å². The average molecular weight is 434 g/mol. The molecule has 1 heterocycles. The lowest BCUT2D eigenvalue weighted by atomic mass is 9.97. The Balaban J connectivity index is 1.74. The van der Waals surface area contributed by atoms with Crippen molar-refractivity contribution in [1.29, 1.82) is 0 Å². The standard InChI is InChI=1S/C26H24ClNO3/c1-2-30-26(29)22-12-7-15-28-25(22)21-11-6-10-20(21)23-16-19(27)13-14-24(23)31-17-18-8-4-3-5-9-18/h3-5,7-9,12-16H,2,6,10-11,17H2,1H3. The zero-order chi connectivity index (χ0) is 21.6. The van der Waals surface area contributed by atoms with E-state index >= 15 is 0 Å². The summed E-state index contributed by atoms with van der Waals surface area (Å²) in [5.41, 5.74) is 5.40. The lowest BCUT2D eigenvalue weighted by Gasteiger charge is -2.16. The number of hydrogen-bond donors (Lipinski definition) is 0. The third-order valence-corrected chi connectivity index (χ3v) is 5.55. The van der Waals surface area contributed by atoms with Crippen LogP contribution < -0.4 is 4.74 Å². The lowest BCUT2D eigenvalue weighted by Crippen LogP contribution is -2.09. The smallest absolute Gasteiger partial charge is 0.340 e. The molecular formula is C26H24ClNO3. The first kappa shape index (κ1) is 21.1. The second-order valence-corrected chi connectivity index (χ2v) is 7.78. The highest BCUT2D eigenvalue weighted by molar-refractivity contribution is 6.30. The number of ether oxygens (including phenoxy) is 2. The summed E-state index contributed by atoms with van der Waals surface area (Å²) >= 11 is 6.36. The molecule has 1 aromatic heterocycles. The van der Waals surface area contributed by atoms with E-state index in [0.717, 1.165) is 47.3 Å². The van der Waals surface area contributed by atoms with Gasteiger partial charge in [-0.15, -0.1) is 0 Å². The molecule has 0 aliphatic heterocycles. The highest BCUT2D eigenvalue weighted by atomic mass is 35.5. The van der Waals surface area contributed by atoms with Crippen molar-refractivity contribution in [2.24, 2.45) is 0 Å². The molecule has 0 spiro atoms. The van der Waals surface area contributed by atoms with Gasteiger partial charge in [-0.1, -0.05) is 41.9 Å². The summed E-state index contributed by atoms with van der Waals surface area (Å²) in [7, 11) is 0. The van der Waals surface area contributed by atoms with E-state index in [9.17, 15) is 4.79 Å². The van der Waals surface area contributed by atoms with E-state index in [1.54, 1.807) is 25.3 Å². The second-order valence-electron chi connectivity index (χ2n) is 7.35. The number of allylic oxidation sites excluding steroid dienone is 2. The SMILES string of the molecule is CCOC(=O)c1cccnc1C1=C(c2cc(Cl)ccc2OCc2ccccc2)CCC1. The van der Waals surface area contributed by atoms with Gasteiger partial charge in [0.1, 0.15) is 12.4 Å². The number of benzene rings is 2. The Labute approximate surface area is 187 Å². The van der Waals surface area contributed by atoms with Crippen LogP contribution in [0.3, 0.4) is 0 Å². The molecule has 31 heavy (non-hydrogen) atoms. The minimum atomic E-state index is -0.351. The normalized spacial score (nSPS) is 13.4. The first-order chi connectivity index (χ1) is 15.2. The number of pyridine rings is 1. The van der Waals surface area contributed by atoms with E-state index in [0.29, 0.717) is 29.5 Å². The predicted octanol–water partition coefficient (Wildman–Crippen LogP) is 6.59. The predicted molar refractivity (Wildman–Crippen MR) is 123 cm³/mol. The van der Waals surface area contributed by atoms with Crippen LogP contribution in [0.1, 0.15) is 53.4 Å².